The summed E-state index contributed by atoms with van der Waals surface area (Å²) >= 11 is 1.57. The van der Waals surface area contributed by atoms with E-state index in [1.807, 2.05) is 6.92 Å². The Kier molecular flexibility index (Phi) is 8.08. The highest BCUT2D eigenvalue weighted by atomic mass is 32.1. The normalized spacial score (nSPS) is 15.8. The molecule has 4 rings (SSSR count). The second-order valence-electron chi connectivity index (χ2n) is 9.36. The zero-order valence-electron chi connectivity index (χ0n) is 20.9. The number of benzene rings is 1. The van der Waals surface area contributed by atoms with Crippen molar-refractivity contribution in [1.29, 1.82) is 0 Å². The van der Waals surface area contributed by atoms with E-state index in [-0.39, 0.29) is 29.6 Å². The van der Waals surface area contributed by atoms with Gasteiger partial charge in [0.25, 0.3) is 5.91 Å². The maximum atomic E-state index is 12.8. The van der Waals surface area contributed by atoms with Crippen LogP contribution in [0.4, 0.5) is 5.00 Å². The number of ether oxygens (including phenoxy) is 1. The third-order valence-corrected chi connectivity index (χ3v) is 7.57. The lowest BCUT2D eigenvalue weighted by atomic mass is 9.90. The van der Waals surface area contributed by atoms with Crippen molar-refractivity contribution in [3.05, 3.63) is 76.1 Å². The molecule has 1 fully saturated rings. The summed E-state index contributed by atoms with van der Waals surface area (Å²) in [7, 11) is 0. The lowest BCUT2D eigenvalue weighted by Gasteiger charge is -2.37. The summed E-state index contributed by atoms with van der Waals surface area (Å²) in [6.45, 7) is 10.3. The first kappa shape index (κ1) is 25.2. The second-order valence-corrected chi connectivity index (χ2v) is 10.6. The van der Waals surface area contributed by atoms with Gasteiger partial charge in [-0.2, -0.15) is 0 Å². The second kappa shape index (κ2) is 11.2. The molecule has 186 valence electrons. The van der Waals surface area contributed by atoms with Gasteiger partial charge in [0.1, 0.15) is 5.00 Å². The fraction of sp³-hybridized carbons (Fsp3) is 0.429. The summed E-state index contributed by atoms with van der Waals surface area (Å²) in [6.07, 6.45) is 3.02. The van der Waals surface area contributed by atoms with Crippen LogP contribution in [0, 0.1) is 12.8 Å². The van der Waals surface area contributed by atoms with Gasteiger partial charge in [-0.1, -0.05) is 38.1 Å². The predicted molar refractivity (Wildman–Crippen MR) is 139 cm³/mol. The van der Waals surface area contributed by atoms with E-state index in [1.54, 1.807) is 23.5 Å². The number of rotatable bonds is 8. The molecule has 1 atom stereocenters. The van der Waals surface area contributed by atoms with Gasteiger partial charge in [0.2, 0.25) is 0 Å². The Balaban J connectivity index is 1.65. The van der Waals surface area contributed by atoms with Gasteiger partial charge >= 0.3 is 5.97 Å². The number of likely N-dealkylation sites (tertiary alicyclic amines) is 1. The van der Waals surface area contributed by atoms with Crippen LogP contribution in [0.25, 0.3) is 0 Å². The van der Waals surface area contributed by atoms with Crippen LogP contribution in [0.5, 0.6) is 0 Å². The molecular formula is C28H34N2O4S. The Morgan fingerprint density at radius 3 is 2.43 bits per heavy atom. The van der Waals surface area contributed by atoms with Crippen LogP contribution in [0.3, 0.4) is 0 Å². The van der Waals surface area contributed by atoms with Crippen molar-refractivity contribution in [2.75, 3.05) is 25.0 Å². The van der Waals surface area contributed by atoms with Gasteiger partial charge < -0.3 is 14.5 Å². The summed E-state index contributed by atoms with van der Waals surface area (Å²) < 4.78 is 10.6. The molecule has 0 bridgehead atoms. The molecule has 0 saturated carbocycles. The van der Waals surface area contributed by atoms with Crippen molar-refractivity contribution >= 4 is 28.2 Å². The maximum absolute atomic E-state index is 12.8. The van der Waals surface area contributed by atoms with E-state index in [0.29, 0.717) is 12.5 Å². The number of furan rings is 1. The standard InChI is InChI=1S/C28H34N2O4S/c1-5-33-28(32)22-12-14-30(15-13-22)25(21-10-8-20(9-11-21)18(2)3)23-17-19(4)35-27(23)29-26(31)24-7-6-16-34-24/h6-11,16-18,22,25H,5,12-15H2,1-4H3,(H,29,31). The van der Waals surface area contributed by atoms with Gasteiger partial charge in [0, 0.05) is 10.4 Å². The SMILES string of the molecule is CCOC(=O)C1CCN(C(c2ccc(C(C)C)cc2)c2cc(C)sc2NC(=O)c2ccco2)CC1. The Morgan fingerprint density at radius 1 is 1.14 bits per heavy atom. The molecule has 0 aliphatic carbocycles. The molecule has 1 aromatic carbocycles. The summed E-state index contributed by atoms with van der Waals surface area (Å²) in [6, 6.07) is 14.3. The number of nitrogens with zero attached hydrogens (tertiary/aromatic N) is 1. The number of aryl methyl sites for hydroxylation is 1. The molecule has 3 aromatic rings. The minimum absolute atomic E-state index is 0.0313. The summed E-state index contributed by atoms with van der Waals surface area (Å²) in [4.78, 5) is 28.7. The molecule has 6 nitrogen and oxygen atoms in total. The molecule has 1 aliphatic rings. The van der Waals surface area contributed by atoms with Crippen molar-refractivity contribution in [1.82, 2.24) is 4.90 Å². The quantitative estimate of drug-likeness (QED) is 0.367. The largest absolute Gasteiger partial charge is 0.466 e. The minimum Gasteiger partial charge on any atom is -0.466 e. The maximum Gasteiger partial charge on any atom is 0.309 e. The van der Waals surface area contributed by atoms with E-state index in [4.69, 9.17) is 9.15 Å². The molecule has 7 heteroatoms. The van der Waals surface area contributed by atoms with E-state index in [2.05, 4.69) is 61.3 Å². The van der Waals surface area contributed by atoms with Crippen molar-refractivity contribution in [2.24, 2.45) is 5.92 Å². The number of hydrogen-bond acceptors (Lipinski definition) is 6. The van der Waals surface area contributed by atoms with Crippen LogP contribution in [0.2, 0.25) is 0 Å². The average molecular weight is 495 g/mol. The Bertz CT molecular complexity index is 1130. The number of thiophene rings is 1. The van der Waals surface area contributed by atoms with Gasteiger partial charge in [0.15, 0.2) is 5.76 Å². The van der Waals surface area contributed by atoms with Crippen LogP contribution in [0.1, 0.15) is 77.7 Å². The van der Waals surface area contributed by atoms with Crippen LogP contribution >= 0.6 is 11.3 Å². The van der Waals surface area contributed by atoms with E-state index in [0.717, 1.165) is 41.4 Å². The van der Waals surface area contributed by atoms with Gasteiger partial charge in [-0.25, -0.2) is 0 Å². The Labute approximate surface area is 211 Å². The molecular weight excluding hydrogens is 460 g/mol. The highest BCUT2D eigenvalue weighted by molar-refractivity contribution is 7.16. The zero-order chi connectivity index (χ0) is 24.9. The van der Waals surface area contributed by atoms with Crippen molar-refractivity contribution < 1.29 is 18.7 Å². The minimum atomic E-state index is -0.256. The van der Waals surface area contributed by atoms with Crippen molar-refractivity contribution in [2.45, 2.75) is 52.5 Å². The van der Waals surface area contributed by atoms with E-state index >= 15 is 0 Å². The molecule has 1 amide bonds. The average Bonchev–Trinajstić information content (AvgIpc) is 3.51. The fourth-order valence-corrected chi connectivity index (χ4v) is 5.65. The first-order valence-electron chi connectivity index (χ1n) is 12.3. The summed E-state index contributed by atoms with van der Waals surface area (Å²) in [5.74, 6) is 0.331. The molecule has 1 saturated heterocycles. The highest BCUT2D eigenvalue weighted by Gasteiger charge is 2.33. The van der Waals surface area contributed by atoms with Crippen molar-refractivity contribution in [3.8, 4) is 0 Å². The number of carbonyl (C=O) groups is 2. The van der Waals surface area contributed by atoms with Crippen LogP contribution in [0.15, 0.2) is 53.1 Å². The van der Waals surface area contributed by atoms with Gasteiger partial charge in [-0.05, 0) is 75.0 Å². The smallest absolute Gasteiger partial charge is 0.309 e. The number of piperidine rings is 1. The van der Waals surface area contributed by atoms with E-state index < -0.39 is 0 Å². The summed E-state index contributed by atoms with van der Waals surface area (Å²) in [5.41, 5.74) is 3.54. The topological polar surface area (TPSA) is 71.8 Å². The fourth-order valence-electron chi connectivity index (χ4n) is 4.71. The van der Waals surface area contributed by atoms with Crippen molar-refractivity contribution in [3.63, 3.8) is 0 Å². The van der Waals surface area contributed by atoms with Crippen LogP contribution < -0.4 is 5.32 Å². The first-order valence-corrected chi connectivity index (χ1v) is 13.1. The third kappa shape index (κ3) is 5.85. The molecule has 0 spiro atoms. The number of amides is 1. The van der Waals surface area contributed by atoms with Gasteiger partial charge in [-0.3, -0.25) is 14.5 Å². The first-order chi connectivity index (χ1) is 16.9. The number of hydrogen-bond donors (Lipinski definition) is 1. The molecule has 35 heavy (non-hydrogen) atoms. The highest BCUT2D eigenvalue weighted by Crippen LogP contribution is 2.41. The Morgan fingerprint density at radius 2 is 1.83 bits per heavy atom. The van der Waals surface area contributed by atoms with Gasteiger partial charge in [0.05, 0.1) is 24.8 Å². The van der Waals surface area contributed by atoms with E-state index in [1.165, 1.54) is 17.4 Å². The number of anilines is 1. The monoisotopic (exact) mass is 494 g/mol. The number of esters is 1. The molecule has 3 heterocycles. The molecule has 1 unspecified atom stereocenters. The van der Waals surface area contributed by atoms with Gasteiger partial charge in [-0.15, -0.1) is 11.3 Å². The molecule has 1 aliphatic heterocycles. The lowest BCUT2D eigenvalue weighted by molar-refractivity contribution is -0.149. The number of carbonyl (C=O) groups excluding carboxylic acids is 2. The Hall–Kier alpha value is -2.90. The summed E-state index contributed by atoms with van der Waals surface area (Å²) in [5, 5.41) is 3.91. The zero-order valence-corrected chi connectivity index (χ0v) is 21.7. The van der Waals surface area contributed by atoms with Crippen LogP contribution in [-0.4, -0.2) is 36.5 Å². The predicted octanol–water partition coefficient (Wildman–Crippen LogP) is 6.39. The molecule has 0 radical (unpaired) electrons. The van der Waals surface area contributed by atoms with Crippen LogP contribution in [-0.2, 0) is 9.53 Å². The lowest BCUT2D eigenvalue weighted by Crippen LogP contribution is -2.39. The van der Waals surface area contributed by atoms with E-state index in [9.17, 15) is 9.59 Å². The molecule has 2 aromatic heterocycles. The molecule has 1 N–H and O–H groups in total. The third-order valence-electron chi connectivity index (χ3n) is 6.58. The number of nitrogens with one attached hydrogen (secondary N) is 1.